The SMILES string of the molecule is CC(C)(CNC(=O)C(=O)Nc1ccc(C#N)cc1)CNC(=O)c1ccc(Nc2nc(NC3(c4ccc(Cl)cc4)CC3)nc(OCc3ccc(OC(F)(F)F)cc3)n2)cc1. The first-order valence-electron chi connectivity index (χ1n) is 18.1. The second-order valence-corrected chi connectivity index (χ2v) is 14.8. The van der Waals surface area contributed by atoms with Crippen LogP contribution in [0.4, 0.5) is 36.4 Å². The van der Waals surface area contributed by atoms with Crippen LogP contribution >= 0.6 is 11.6 Å². The Morgan fingerprint density at radius 1 is 0.797 bits per heavy atom. The maximum Gasteiger partial charge on any atom is 0.573 e. The van der Waals surface area contributed by atoms with Gasteiger partial charge >= 0.3 is 24.2 Å². The molecule has 1 aromatic heterocycles. The zero-order valence-corrected chi connectivity index (χ0v) is 32.4. The van der Waals surface area contributed by atoms with Gasteiger partial charge in [0.1, 0.15) is 12.4 Å². The average Bonchev–Trinajstić information content (AvgIpc) is 3.99. The van der Waals surface area contributed by atoms with Crippen LogP contribution in [0.25, 0.3) is 0 Å². The molecule has 0 atom stereocenters. The number of alkyl halides is 3. The number of nitriles is 1. The molecule has 1 fully saturated rings. The Balaban J connectivity index is 1.07. The van der Waals surface area contributed by atoms with Gasteiger partial charge in [0.05, 0.1) is 17.2 Å². The number of nitrogens with zero attached hydrogens (tertiary/aromatic N) is 4. The molecule has 18 heteroatoms. The molecule has 0 aliphatic heterocycles. The van der Waals surface area contributed by atoms with Crippen LogP contribution in [0.15, 0.2) is 97.1 Å². The van der Waals surface area contributed by atoms with E-state index in [1.54, 1.807) is 36.4 Å². The second kappa shape index (κ2) is 17.7. The number of carbonyl (C=O) groups is 3. The Morgan fingerprint density at radius 2 is 1.42 bits per heavy atom. The quantitative estimate of drug-likeness (QED) is 0.0669. The number of anilines is 4. The van der Waals surface area contributed by atoms with Crippen LogP contribution in [0, 0.1) is 16.7 Å². The molecule has 3 amide bonds. The largest absolute Gasteiger partial charge is 0.573 e. The predicted octanol–water partition coefficient (Wildman–Crippen LogP) is 7.23. The number of amides is 3. The van der Waals surface area contributed by atoms with Crippen molar-refractivity contribution in [1.29, 1.82) is 5.26 Å². The third-order valence-electron chi connectivity index (χ3n) is 8.97. The molecule has 304 valence electrons. The Labute approximate surface area is 341 Å². The van der Waals surface area contributed by atoms with E-state index in [1.165, 1.54) is 48.5 Å². The summed E-state index contributed by atoms with van der Waals surface area (Å²) in [7, 11) is 0. The number of benzene rings is 4. The lowest BCUT2D eigenvalue weighted by Crippen LogP contribution is -2.44. The van der Waals surface area contributed by atoms with E-state index >= 15 is 0 Å². The van der Waals surface area contributed by atoms with Gasteiger partial charge in [-0.05, 0) is 102 Å². The van der Waals surface area contributed by atoms with Crippen molar-refractivity contribution < 1.29 is 37.0 Å². The van der Waals surface area contributed by atoms with Crippen LogP contribution in [0.5, 0.6) is 11.8 Å². The first kappa shape index (κ1) is 41.7. The van der Waals surface area contributed by atoms with Gasteiger partial charge in [0.2, 0.25) is 11.9 Å². The summed E-state index contributed by atoms with van der Waals surface area (Å²) >= 11 is 6.11. The first-order valence-corrected chi connectivity index (χ1v) is 18.5. The van der Waals surface area contributed by atoms with Crippen molar-refractivity contribution in [3.63, 3.8) is 0 Å². The van der Waals surface area contributed by atoms with Crippen LogP contribution in [0.3, 0.4) is 0 Å². The maximum atomic E-state index is 13.1. The molecule has 0 spiro atoms. The molecule has 5 aromatic rings. The molecular formula is C41H37ClF3N9O5. The highest BCUT2D eigenvalue weighted by Gasteiger charge is 2.45. The normalized spacial score (nSPS) is 13.0. The summed E-state index contributed by atoms with van der Waals surface area (Å²) in [5, 5.41) is 23.9. The topological polar surface area (TPSA) is 192 Å². The molecule has 0 saturated heterocycles. The molecule has 1 saturated carbocycles. The number of hydrogen-bond donors (Lipinski definition) is 5. The number of hydrogen-bond acceptors (Lipinski definition) is 11. The molecule has 0 radical (unpaired) electrons. The van der Waals surface area contributed by atoms with E-state index in [4.69, 9.17) is 21.6 Å². The molecule has 1 heterocycles. The first-order chi connectivity index (χ1) is 28.1. The van der Waals surface area contributed by atoms with E-state index in [-0.39, 0.29) is 49.3 Å². The van der Waals surface area contributed by atoms with Gasteiger partial charge < -0.3 is 36.1 Å². The summed E-state index contributed by atoms with van der Waals surface area (Å²) < 4.78 is 47.6. The number of ether oxygens (including phenoxy) is 2. The van der Waals surface area contributed by atoms with Gasteiger partial charge in [-0.2, -0.15) is 20.2 Å². The second-order valence-electron chi connectivity index (χ2n) is 14.3. The van der Waals surface area contributed by atoms with Gasteiger partial charge in [-0.3, -0.25) is 14.4 Å². The fraction of sp³-hybridized carbons (Fsp3) is 0.244. The molecule has 59 heavy (non-hydrogen) atoms. The fourth-order valence-electron chi connectivity index (χ4n) is 5.60. The van der Waals surface area contributed by atoms with Gasteiger partial charge in [-0.1, -0.05) is 49.7 Å². The van der Waals surface area contributed by atoms with Gasteiger partial charge in [-0.15, -0.1) is 13.2 Å². The minimum absolute atomic E-state index is 0.0609. The lowest BCUT2D eigenvalue weighted by atomic mass is 9.93. The van der Waals surface area contributed by atoms with Gasteiger partial charge in [0.15, 0.2) is 0 Å². The van der Waals surface area contributed by atoms with E-state index in [9.17, 15) is 27.6 Å². The lowest BCUT2D eigenvalue weighted by molar-refractivity contribution is -0.274. The third kappa shape index (κ3) is 12.0. The van der Waals surface area contributed by atoms with E-state index in [1.807, 2.05) is 32.0 Å². The smallest absolute Gasteiger partial charge is 0.458 e. The lowest BCUT2D eigenvalue weighted by Gasteiger charge is -2.25. The number of halogens is 4. The van der Waals surface area contributed by atoms with Crippen molar-refractivity contribution in [2.75, 3.05) is 29.0 Å². The average molecular weight is 828 g/mol. The van der Waals surface area contributed by atoms with Crippen molar-refractivity contribution in [3.8, 4) is 17.8 Å². The van der Waals surface area contributed by atoms with Crippen molar-refractivity contribution in [2.45, 2.75) is 45.2 Å². The third-order valence-corrected chi connectivity index (χ3v) is 9.23. The fourth-order valence-corrected chi connectivity index (χ4v) is 5.72. The standard InChI is InChI=1S/C41H37ClF3N9O5/c1-39(2,24-48-34(56)35(57)49-30-13-3-25(21-46)4-14-30)23-47-33(55)27-7-15-31(16-8-27)50-36-51-37(54-40(19-20-40)28-9-11-29(42)12-10-28)53-38(52-36)58-22-26-5-17-32(18-6-26)59-41(43,44)45/h3-18H,19-20,22-24H2,1-2H3,(H,47,55)(H,48,56)(H,49,57)(H2,50,51,52,53,54). The molecule has 0 unspecified atom stereocenters. The van der Waals surface area contributed by atoms with E-state index < -0.39 is 29.1 Å². The molecule has 4 aromatic carbocycles. The monoisotopic (exact) mass is 827 g/mol. The molecule has 1 aliphatic rings. The number of nitrogens with one attached hydrogen (secondary N) is 5. The Morgan fingerprint density at radius 3 is 2.05 bits per heavy atom. The van der Waals surface area contributed by atoms with Crippen molar-refractivity contribution in [2.24, 2.45) is 5.41 Å². The molecule has 5 N–H and O–H groups in total. The van der Waals surface area contributed by atoms with Crippen LogP contribution in [0.2, 0.25) is 5.02 Å². The van der Waals surface area contributed by atoms with Crippen LogP contribution in [-0.4, -0.2) is 52.1 Å². The summed E-state index contributed by atoms with van der Waals surface area (Å²) in [6.07, 6.45) is -3.20. The van der Waals surface area contributed by atoms with Crippen LogP contribution in [-0.2, 0) is 21.7 Å². The molecular weight excluding hydrogens is 791 g/mol. The van der Waals surface area contributed by atoms with Crippen molar-refractivity contribution in [1.82, 2.24) is 25.6 Å². The van der Waals surface area contributed by atoms with Crippen LogP contribution < -0.4 is 36.1 Å². The minimum Gasteiger partial charge on any atom is -0.458 e. The molecule has 0 bridgehead atoms. The van der Waals surface area contributed by atoms with Crippen molar-refractivity contribution >= 4 is 52.6 Å². The summed E-state index contributed by atoms with van der Waals surface area (Å²) in [6, 6.07) is 27.2. The molecule has 1 aliphatic carbocycles. The van der Waals surface area contributed by atoms with E-state index in [2.05, 4.69) is 46.3 Å². The summed E-state index contributed by atoms with van der Waals surface area (Å²) in [5.74, 6) is -2.13. The minimum atomic E-state index is -4.81. The Bertz CT molecular complexity index is 2330. The summed E-state index contributed by atoms with van der Waals surface area (Å²) in [6.45, 7) is 3.83. The molecule has 14 nitrogen and oxygen atoms in total. The zero-order valence-electron chi connectivity index (χ0n) is 31.6. The number of rotatable bonds is 15. The highest BCUT2D eigenvalue weighted by atomic mass is 35.5. The predicted molar refractivity (Wildman–Crippen MR) is 212 cm³/mol. The van der Waals surface area contributed by atoms with Gasteiger partial charge in [0.25, 0.3) is 5.91 Å². The number of carbonyl (C=O) groups excluding carboxylic acids is 3. The van der Waals surface area contributed by atoms with Gasteiger partial charge in [0, 0.05) is 35.1 Å². The molecule has 6 rings (SSSR count). The van der Waals surface area contributed by atoms with Gasteiger partial charge in [-0.25, -0.2) is 0 Å². The van der Waals surface area contributed by atoms with E-state index in [0.717, 1.165) is 18.4 Å². The Kier molecular flexibility index (Phi) is 12.5. The highest BCUT2D eigenvalue weighted by molar-refractivity contribution is 6.39. The van der Waals surface area contributed by atoms with Crippen molar-refractivity contribution in [3.05, 3.63) is 124 Å². The zero-order chi connectivity index (χ0) is 42.2. The maximum absolute atomic E-state index is 13.1. The van der Waals surface area contributed by atoms with Crippen LogP contribution in [0.1, 0.15) is 53.7 Å². The Hall–Kier alpha value is -6.93. The van der Waals surface area contributed by atoms with E-state index in [0.29, 0.717) is 33.1 Å². The highest BCUT2D eigenvalue weighted by Crippen LogP contribution is 2.48. The summed E-state index contributed by atoms with van der Waals surface area (Å²) in [4.78, 5) is 51.2. The number of aromatic nitrogens is 3. The summed E-state index contributed by atoms with van der Waals surface area (Å²) in [5.41, 5.74) is 2.13.